The molecule has 0 radical (unpaired) electrons. The van der Waals surface area contributed by atoms with Gasteiger partial charge in [-0.15, -0.1) is 12.4 Å². The largest absolute Gasteiger partial charge is 0.491 e. The van der Waals surface area contributed by atoms with Gasteiger partial charge in [0.15, 0.2) is 0 Å². The van der Waals surface area contributed by atoms with Crippen LogP contribution in [0.2, 0.25) is 0 Å². The average Bonchev–Trinajstić information content (AvgIpc) is 2.91. The molecule has 0 saturated carbocycles. The summed E-state index contributed by atoms with van der Waals surface area (Å²) in [6.45, 7) is 8.78. The van der Waals surface area contributed by atoms with Gasteiger partial charge in [-0.05, 0) is 12.1 Å². The van der Waals surface area contributed by atoms with Crippen molar-refractivity contribution in [1.29, 1.82) is 0 Å². The number of hydrogen-bond acceptors (Lipinski definition) is 12. The van der Waals surface area contributed by atoms with Gasteiger partial charge in [0.1, 0.15) is 12.4 Å². The van der Waals surface area contributed by atoms with Crippen molar-refractivity contribution in [1.82, 2.24) is 0 Å². The minimum Gasteiger partial charge on any atom is -0.491 e. The molecule has 0 aliphatic heterocycles. The SMILES string of the molecule is Cl.NCCOCCOCCOCCOCCOCCOCCOCCOCCOc1ccc([N+](=O)[O-])cc1. The van der Waals surface area contributed by atoms with E-state index in [1.807, 2.05) is 0 Å². The predicted molar refractivity (Wildman–Crippen MR) is 141 cm³/mol. The first-order valence-electron chi connectivity index (χ1n) is 12.4. The summed E-state index contributed by atoms with van der Waals surface area (Å²) in [7, 11) is 0. The van der Waals surface area contributed by atoms with Crippen molar-refractivity contribution in [2.45, 2.75) is 0 Å². The molecular weight excluding hydrogens is 528 g/mol. The number of nitrogens with two attached hydrogens (primary N) is 1. The van der Waals surface area contributed by atoms with E-state index in [-0.39, 0.29) is 18.1 Å². The van der Waals surface area contributed by atoms with Crippen molar-refractivity contribution in [3.05, 3.63) is 34.4 Å². The van der Waals surface area contributed by atoms with Crippen LogP contribution < -0.4 is 10.5 Å². The van der Waals surface area contributed by atoms with Crippen LogP contribution in [0, 0.1) is 10.1 Å². The monoisotopic (exact) mass is 570 g/mol. The zero-order chi connectivity index (χ0) is 26.7. The molecule has 0 heterocycles. The Bertz CT molecular complexity index is 644. The summed E-state index contributed by atoms with van der Waals surface area (Å²) in [6, 6.07) is 5.91. The lowest BCUT2D eigenvalue weighted by Gasteiger charge is -2.09. The minimum atomic E-state index is -0.452. The molecule has 1 rings (SSSR count). The molecule has 0 aromatic heterocycles. The Balaban J connectivity index is 0.0000137. The summed E-state index contributed by atoms with van der Waals surface area (Å²) in [5.41, 5.74) is 5.34. The van der Waals surface area contributed by atoms with Gasteiger partial charge in [-0.25, -0.2) is 0 Å². The summed E-state index contributed by atoms with van der Waals surface area (Å²) in [6.07, 6.45) is 0. The minimum absolute atomic E-state index is 0. The summed E-state index contributed by atoms with van der Waals surface area (Å²) in [5.74, 6) is 0.559. The van der Waals surface area contributed by atoms with Crippen molar-refractivity contribution in [3.63, 3.8) is 0 Å². The van der Waals surface area contributed by atoms with E-state index in [4.69, 9.17) is 48.4 Å². The van der Waals surface area contributed by atoms with Gasteiger partial charge in [-0.3, -0.25) is 10.1 Å². The number of rotatable bonds is 28. The van der Waals surface area contributed by atoms with Crippen LogP contribution in [0.1, 0.15) is 0 Å². The highest BCUT2D eigenvalue weighted by atomic mass is 35.5. The molecule has 222 valence electrons. The molecule has 0 aliphatic rings. The van der Waals surface area contributed by atoms with Crippen LogP contribution in [0.15, 0.2) is 24.3 Å². The molecule has 0 aliphatic carbocycles. The molecule has 1 aromatic carbocycles. The third-order valence-corrected chi connectivity index (χ3v) is 4.41. The van der Waals surface area contributed by atoms with E-state index in [0.29, 0.717) is 125 Å². The maximum Gasteiger partial charge on any atom is 0.269 e. The van der Waals surface area contributed by atoms with Gasteiger partial charge in [0.2, 0.25) is 0 Å². The number of nitrogens with zero attached hydrogens (tertiary/aromatic N) is 1. The maximum absolute atomic E-state index is 10.6. The predicted octanol–water partition coefficient (Wildman–Crippen LogP) is 1.49. The highest BCUT2D eigenvalue weighted by Crippen LogP contribution is 2.17. The number of nitro groups is 1. The lowest BCUT2D eigenvalue weighted by molar-refractivity contribution is -0.384. The van der Waals surface area contributed by atoms with Crippen LogP contribution in [-0.4, -0.2) is 124 Å². The molecule has 1 aromatic rings. The van der Waals surface area contributed by atoms with Gasteiger partial charge in [0.05, 0.1) is 111 Å². The van der Waals surface area contributed by atoms with Crippen LogP contribution >= 0.6 is 12.4 Å². The van der Waals surface area contributed by atoms with Crippen LogP contribution in [0.3, 0.4) is 0 Å². The van der Waals surface area contributed by atoms with Gasteiger partial charge < -0.3 is 48.4 Å². The Labute approximate surface area is 230 Å². The Morgan fingerprint density at radius 3 is 1.11 bits per heavy atom. The number of hydrogen-bond donors (Lipinski definition) is 1. The molecule has 38 heavy (non-hydrogen) atoms. The second-order valence-corrected chi connectivity index (χ2v) is 7.29. The van der Waals surface area contributed by atoms with Gasteiger partial charge in [0, 0.05) is 18.7 Å². The standard InChI is InChI=1S/C24H42N2O11.ClH/c25-5-6-29-7-8-30-9-10-31-11-12-32-13-14-33-15-16-34-17-18-35-19-20-36-21-22-37-24-3-1-23(2-4-24)26(27)28;/h1-4H,5-22,25H2;1H. The van der Waals surface area contributed by atoms with Crippen LogP contribution in [-0.2, 0) is 37.9 Å². The molecule has 14 heteroatoms. The highest BCUT2D eigenvalue weighted by Gasteiger charge is 2.04. The second kappa shape index (κ2) is 28.4. The van der Waals surface area contributed by atoms with Crippen LogP contribution in [0.5, 0.6) is 5.75 Å². The summed E-state index contributed by atoms with van der Waals surface area (Å²) in [4.78, 5) is 10.1. The van der Waals surface area contributed by atoms with E-state index in [0.717, 1.165) is 0 Å². The molecule has 0 fully saturated rings. The summed E-state index contributed by atoms with van der Waals surface area (Å²) < 4.78 is 48.5. The Kier molecular flexibility index (Phi) is 27.1. The molecule has 2 N–H and O–H groups in total. The first kappa shape index (κ1) is 36.4. The fourth-order valence-corrected chi connectivity index (χ4v) is 2.61. The molecule has 0 spiro atoms. The molecule has 0 saturated heterocycles. The smallest absolute Gasteiger partial charge is 0.269 e. The molecule has 0 amide bonds. The summed E-state index contributed by atoms with van der Waals surface area (Å²) >= 11 is 0. The van der Waals surface area contributed by atoms with Crippen LogP contribution in [0.4, 0.5) is 5.69 Å². The third-order valence-electron chi connectivity index (χ3n) is 4.41. The quantitative estimate of drug-likeness (QED) is 0.0882. The average molecular weight is 571 g/mol. The zero-order valence-electron chi connectivity index (χ0n) is 22.0. The van der Waals surface area contributed by atoms with Gasteiger partial charge in [-0.1, -0.05) is 0 Å². The van der Waals surface area contributed by atoms with E-state index in [1.165, 1.54) is 12.1 Å². The Morgan fingerprint density at radius 2 is 0.816 bits per heavy atom. The maximum atomic E-state index is 10.6. The van der Waals surface area contributed by atoms with E-state index in [9.17, 15) is 10.1 Å². The first-order valence-corrected chi connectivity index (χ1v) is 12.4. The fraction of sp³-hybridized carbons (Fsp3) is 0.750. The number of nitro benzene ring substituents is 1. The molecule has 0 bridgehead atoms. The van der Waals surface area contributed by atoms with Gasteiger partial charge in [0.25, 0.3) is 5.69 Å². The van der Waals surface area contributed by atoms with Crippen molar-refractivity contribution < 1.29 is 47.6 Å². The summed E-state index contributed by atoms with van der Waals surface area (Å²) in [5, 5.41) is 10.6. The van der Waals surface area contributed by atoms with Crippen molar-refractivity contribution in [2.24, 2.45) is 5.73 Å². The van der Waals surface area contributed by atoms with E-state index >= 15 is 0 Å². The lowest BCUT2D eigenvalue weighted by Crippen LogP contribution is -2.15. The van der Waals surface area contributed by atoms with Crippen molar-refractivity contribution in [3.8, 4) is 5.75 Å². The number of ether oxygens (including phenoxy) is 9. The third kappa shape index (κ3) is 23.5. The lowest BCUT2D eigenvalue weighted by atomic mass is 10.3. The van der Waals surface area contributed by atoms with Gasteiger partial charge in [-0.2, -0.15) is 0 Å². The van der Waals surface area contributed by atoms with E-state index in [1.54, 1.807) is 12.1 Å². The number of halogens is 1. The molecule has 0 atom stereocenters. The Morgan fingerprint density at radius 1 is 0.526 bits per heavy atom. The van der Waals surface area contributed by atoms with E-state index < -0.39 is 4.92 Å². The second-order valence-electron chi connectivity index (χ2n) is 7.29. The fourth-order valence-electron chi connectivity index (χ4n) is 2.61. The van der Waals surface area contributed by atoms with Crippen molar-refractivity contribution >= 4 is 18.1 Å². The molecule has 13 nitrogen and oxygen atoms in total. The van der Waals surface area contributed by atoms with Gasteiger partial charge >= 0.3 is 0 Å². The topological polar surface area (TPSA) is 152 Å². The first-order chi connectivity index (χ1) is 18.2. The molecular formula is C24H43ClN2O11. The number of non-ortho nitro benzene ring substituents is 1. The Hall–Kier alpha value is -1.65. The molecule has 0 unspecified atom stereocenters. The van der Waals surface area contributed by atoms with Crippen LogP contribution in [0.25, 0.3) is 0 Å². The zero-order valence-corrected chi connectivity index (χ0v) is 22.8. The number of benzene rings is 1. The van der Waals surface area contributed by atoms with Crippen molar-refractivity contribution in [2.75, 3.05) is 119 Å². The van der Waals surface area contributed by atoms with E-state index in [2.05, 4.69) is 0 Å². The highest BCUT2D eigenvalue weighted by molar-refractivity contribution is 5.85. The normalized spacial score (nSPS) is 10.9.